The molecule has 1 aromatic carbocycles. The predicted molar refractivity (Wildman–Crippen MR) is 87.7 cm³/mol. The maximum Gasteiger partial charge on any atom is 0.321 e. The molecule has 1 unspecified atom stereocenters. The third kappa shape index (κ3) is 5.05. The van der Waals surface area contributed by atoms with Crippen LogP contribution >= 0.6 is 0 Å². The van der Waals surface area contributed by atoms with Gasteiger partial charge in [0, 0.05) is 18.8 Å². The zero-order chi connectivity index (χ0) is 15.1. The number of aryl methyl sites for hydroxylation is 1. The first-order valence-electron chi connectivity index (χ1n) is 8.02. The lowest BCUT2D eigenvalue weighted by molar-refractivity contribution is 0.193. The fourth-order valence-corrected chi connectivity index (χ4v) is 2.86. The fraction of sp³-hybridized carbons (Fsp3) is 0.588. The van der Waals surface area contributed by atoms with Crippen molar-refractivity contribution in [2.75, 3.05) is 31.5 Å². The van der Waals surface area contributed by atoms with Crippen LogP contribution in [0, 0.1) is 12.8 Å². The van der Waals surface area contributed by atoms with Gasteiger partial charge < -0.3 is 15.5 Å². The fourth-order valence-electron chi connectivity index (χ4n) is 2.86. The maximum absolute atomic E-state index is 12.5. The van der Waals surface area contributed by atoms with Gasteiger partial charge in [-0.3, -0.25) is 0 Å². The molecule has 0 bridgehead atoms. The Morgan fingerprint density at radius 3 is 3.00 bits per heavy atom. The van der Waals surface area contributed by atoms with Gasteiger partial charge in [-0.2, -0.15) is 0 Å². The average Bonchev–Trinajstić information content (AvgIpc) is 2.48. The smallest absolute Gasteiger partial charge is 0.321 e. The molecule has 1 aliphatic heterocycles. The minimum Gasteiger partial charge on any atom is -0.324 e. The van der Waals surface area contributed by atoms with E-state index in [1.54, 1.807) is 0 Å². The summed E-state index contributed by atoms with van der Waals surface area (Å²) in [6.07, 6.45) is 3.41. The summed E-state index contributed by atoms with van der Waals surface area (Å²) in [5, 5.41) is 6.44. The summed E-state index contributed by atoms with van der Waals surface area (Å²) in [6.45, 7) is 7.95. The van der Waals surface area contributed by atoms with Gasteiger partial charge >= 0.3 is 6.03 Å². The minimum atomic E-state index is 0.0213. The average molecular weight is 289 g/mol. The van der Waals surface area contributed by atoms with Crippen LogP contribution in [0.2, 0.25) is 0 Å². The van der Waals surface area contributed by atoms with Crippen LogP contribution in [0.3, 0.4) is 0 Å². The molecule has 2 rings (SSSR count). The topological polar surface area (TPSA) is 44.4 Å². The van der Waals surface area contributed by atoms with Crippen molar-refractivity contribution in [3.63, 3.8) is 0 Å². The van der Waals surface area contributed by atoms with Crippen LogP contribution in [0.4, 0.5) is 10.5 Å². The molecule has 0 aromatic heterocycles. The van der Waals surface area contributed by atoms with Crippen molar-refractivity contribution in [3.8, 4) is 0 Å². The van der Waals surface area contributed by atoms with E-state index in [-0.39, 0.29) is 6.03 Å². The number of amides is 2. The normalized spacial score (nSPS) is 18.3. The summed E-state index contributed by atoms with van der Waals surface area (Å²) < 4.78 is 0. The second-order valence-corrected chi connectivity index (χ2v) is 5.96. The molecule has 21 heavy (non-hydrogen) atoms. The third-order valence-electron chi connectivity index (χ3n) is 3.93. The molecule has 1 fully saturated rings. The largest absolute Gasteiger partial charge is 0.324 e. The molecule has 0 saturated carbocycles. The summed E-state index contributed by atoms with van der Waals surface area (Å²) in [5.74, 6) is 0.577. The SMILES string of the molecule is CCCN(CC1CCCNC1)C(=O)Nc1cccc(C)c1. The van der Waals surface area contributed by atoms with Gasteiger partial charge in [0.15, 0.2) is 0 Å². The lowest BCUT2D eigenvalue weighted by Crippen LogP contribution is -2.43. The number of carbonyl (C=O) groups excluding carboxylic acids is 1. The summed E-state index contributed by atoms with van der Waals surface area (Å²) in [4.78, 5) is 14.4. The second kappa shape index (κ2) is 8.03. The van der Waals surface area contributed by atoms with Crippen LogP contribution in [0.5, 0.6) is 0 Å². The van der Waals surface area contributed by atoms with Crippen LogP contribution in [-0.4, -0.2) is 37.1 Å². The molecule has 1 saturated heterocycles. The Labute approximate surface area is 127 Å². The number of hydrogen-bond acceptors (Lipinski definition) is 2. The quantitative estimate of drug-likeness (QED) is 0.874. The standard InChI is InChI=1S/C17H27N3O/c1-3-10-20(13-15-7-5-9-18-12-15)17(21)19-16-8-4-6-14(2)11-16/h4,6,8,11,15,18H,3,5,7,9-10,12-13H2,1-2H3,(H,19,21). The Morgan fingerprint density at radius 1 is 1.48 bits per heavy atom. The van der Waals surface area contributed by atoms with E-state index in [4.69, 9.17) is 0 Å². The highest BCUT2D eigenvalue weighted by atomic mass is 16.2. The molecule has 1 heterocycles. The number of nitrogens with one attached hydrogen (secondary N) is 2. The number of anilines is 1. The van der Waals surface area contributed by atoms with E-state index in [2.05, 4.69) is 17.6 Å². The first kappa shape index (κ1) is 15.8. The Bertz CT molecular complexity index is 455. The molecule has 0 spiro atoms. The number of rotatable bonds is 5. The molecule has 1 atom stereocenters. The van der Waals surface area contributed by atoms with Gasteiger partial charge in [-0.15, -0.1) is 0 Å². The molecule has 2 N–H and O–H groups in total. The van der Waals surface area contributed by atoms with Gasteiger partial charge in [-0.1, -0.05) is 19.1 Å². The summed E-state index contributed by atoms with van der Waals surface area (Å²) in [6, 6.07) is 7.97. The van der Waals surface area contributed by atoms with Crippen molar-refractivity contribution < 1.29 is 4.79 Å². The third-order valence-corrected chi connectivity index (χ3v) is 3.93. The van der Waals surface area contributed by atoms with Crippen LogP contribution < -0.4 is 10.6 Å². The van der Waals surface area contributed by atoms with Crippen molar-refractivity contribution in [1.29, 1.82) is 0 Å². The molecule has 0 aliphatic carbocycles. The van der Waals surface area contributed by atoms with Gasteiger partial charge in [0.25, 0.3) is 0 Å². The summed E-state index contributed by atoms with van der Waals surface area (Å²) in [5.41, 5.74) is 2.04. The lowest BCUT2D eigenvalue weighted by Gasteiger charge is -2.30. The Morgan fingerprint density at radius 2 is 2.33 bits per heavy atom. The number of nitrogens with zero attached hydrogens (tertiary/aromatic N) is 1. The van der Waals surface area contributed by atoms with Crippen molar-refractivity contribution >= 4 is 11.7 Å². The van der Waals surface area contributed by atoms with E-state index in [1.165, 1.54) is 12.8 Å². The predicted octanol–water partition coefficient (Wildman–Crippen LogP) is 3.24. The van der Waals surface area contributed by atoms with E-state index in [0.717, 1.165) is 43.9 Å². The van der Waals surface area contributed by atoms with Gasteiger partial charge in [-0.25, -0.2) is 4.79 Å². The number of piperidine rings is 1. The molecular weight excluding hydrogens is 262 g/mol. The molecule has 116 valence electrons. The molecule has 0 radical (unpaired) electrons. The Kier molecular flexibility index (Phi) is 6.05. The maximum atomic E-state index is 12.5. The molecule has 1 aromatic rings. The van der Waals surface area contributed by atoms with E-state index >= 15 is 0 Å². The van der Waals surface area contributed by atoms with Crippen molar-refractivity contribution in [1.82, 2.24) is 10.2 Å². The van der Waals surface area contributed by atoms with Crippen LogP contribution in [-0.2, 0) is 0 Å². The molecule has 2 amide bonds. The highest BCUT2D eigenvalue weighted by Gasteiger charge is 2.20. The van der Waals surface area contributed by atoms with Crippen LogP contribution in [0.15, 0.2) is 24.3 Å². The highest BCUT2D eigenvalue weighted by molar-refractivity contribution is 5.89. The van der Waals surface area contributed by atoms with Crippen LogP contribution in [0.1, 0.15) is 31.7 Å². The lowest BCUT2D eigenvalue weighted by atomic mass is 9.99. The first-order valence-corrected chi connectivity index (χ1v) is 8.02. The van der Waals surface area contributed by atoms with E-state index in [1.807, 2.05) is 36.1 Å². The second-order valence-electron chi connectivity index (χ2n) is 5.96. The number of carbonyl (C=O) groups is 1. The summed E-state index contributed by atoms with van der Waals surface area (Å²) in [7, 11) is 0. The Balaban J connectivity index is 1.94. The Hall–Kier alpha value is -1.55. The van der Waals surface area contributed by atoms with Gasteiger partial charge in [0.2, 0.25) is 0 Å². The van der Waals surface area contributed by atoms with Crippen LogP contribution in [0.25, 0.3) is 0 Å². The molecule has 1 aliphatic rings. The first-order chi connectivity index (χ1) is 10.2. The van der Waals surface area contributed by atoms with Crippen molar-refractivity contribution in [2.24, 2.45) is 5.92 Å². The van der Waals surface area contributed by atoms with Crippen molar-refractivity contribution in [3.05, 3.63) is 29.8 Å². The molecule has 4 nitrogen and oxygen atoms in total. The number of benzene rings is 1. The zero-order valence-corrected chi connectivity index (χ0v) is 13.2. The van der Waals surface area contributed by atoms with Gasteiger partial charge in [0.1, 0.15) is 0 Å². The van der Waals surface area contributed by atoms with Gasteiger partial charge in [-0.05, 0) is 62.9 Å². The van der Waals surface area contributed by atoms with E-state index in [9.17, 15) is 4.79 Å². The van der Waals surface area contributed by atoms with E-state index in [0.29, 0.717) is 5.92 Å². The highest BCUT2D eigenvalue weighted by Crippen LogP contribution is 2.14. The summed E-state index contributed by atoms with van der Waals surface area (Å²) >= 11 is 0. The molecular formula is C17H27N3O. The number of urea groups is 1. The van der Waals surface area contributed by atoms with Crippen molar-refractivity contribution in [2.45, 2.75) is 33.1 Å². The zero-order valence-electron chi connectivity index (χ0n) is 13.2. The van der Waals surface area contributed by atoms with E-state index < -0.39 is 0 Å². The minimum absolute atomic E-state index is 0.0213. The number of hydrogen-bond donors (Lipinski definition) is 2. The monoisotopic (exact) mass is 289 g/mol. The molecule has 4 heteroatoms. The van der Waals surface area contributed by atoms with Gasteiger partial charge in [0.05, 0.1) is 0 Å².